The van der Waals surface area contributed by atoms with Crippen molar-refractivity contribution in [3.8, 4) is 0 Å². The van der Waals surface area contributed by atoms with E-state index in [1.165, 1.54) is 25.7 Å². The summed E-state index contributed by atoms with van der Waals surface area (Å²) < 4.78 is 0. The highest BCUT2D eigenvalue weighted by atomic mass is 15.0. The molecule has 1 rings (SSSR count). The molecule has 1 nitrogen and oxygen atoms in total. The second-order valence-corrected chi connectivity index (χ2v) is 4.15. The van der Waals surface area contributed by atoms with E-state index in [4.69, 9.17) is 0 Å². The predicted octanol–water partition coefficient (Wildman–Crippen LogP) is 2.68. The van der Waals surface area contributed by atoms with Gasteiger partial charge in [0.2, 0.25) is 0 Å². The maximum absolute atomic E-state index is 2.46. The fraction of sp³-hybridized carbons (Fsp3) is 0.818. The molecule has 0 spiro atoms. The van der Waals surface area contributed by atoms with Crippen molar-refractivity contribution in [2.24, 2.45) is 5.92 Å². The molecule has 70 valence electrons. The first kappa shape index (κ1) is 9.79. The fourth-order valence-electron chi connectivity index (χ4n) is 1.86. The molecular weight excluding hydrogens is 146 g/mol. The average molecular weight is 167 g/mol. The predicted molar refractivity (Wildman–Crippen MR) is 54.3 cm³/mol. The van der Waals surface area contributed by atoms with Crippen LogP contribution in [0.25, 0.3) is 0 Å². The molecule has 0 heterocycles. The maximum atomic E-state index is 2.46. The second kappa shape index (κ2) is 4.66. The highest BCUT2D eigenvalue weighted by Crippen LogP contribution is 2.25. The first-order chi connectivity index (χ1) is 5.72. The Bertz CT molecular complexity index is 158. The van der Waals surface area contributed by atoms with Crippen LogP contribution in [0.15, 0.2) is 11.6 Å². The van der Waals surface area contributed by atoms with Gasteiger partial charge in [0, 0.05) is 6.54 Å². The van der Waals surface area contributed by atoms with E-state index in [0.29, 0.717) is 0 Å². The lowest BCUT2D eigenvalue weighted by molar-refractivity contribution is 0.404. The summed E-state index contributed by atoms with van der Waals surface area (Å²) in [6.45, 7) is 3.46. The monoisotopic (exact) mass is 167 g/mol. The van der Waals surface area contributed by atoms with Crippen LogP contribution >= 0.6 is 0 Å². The fourth-order valence-corrected chi connectivity index (χ4v) is 1.86. The van der Waals surface area contributed by atoms with E-state index < -0.39 is 0 Å². The highest BCUT2D eigenvalue weighted by molar-refractivity contribution is 5.08. The van der Waals surface area contributed by atoms with E-state index in [2.05, 4.69) is 32.0 Å². The van der Waals surface area contributed by atoms with Crippen molar-refractivity contribution < 1.29 is 0 Å². The summed E-state index contributed by atoms with van der Waals surface area (Å²) >= 11 is 0. The first-order valence-corrected chi connectivity index (χ1v) is 5.05. The van der Waals surface area contributed by atoms with Crippen LogP contribution in [0.2, 0.25) is 0 Å². The van der Waals surface area contributed by atoms with Crippen LogP contribution in [0.5, 0.6) is 0 Å². The number of nitrogens with zero attached hydrogens (tertiary/aromatic N) is 1. The molecule has 0 aromatic rings. The van der Waals surface area contributed by atoms with Gasteiger partial charge in [-0.1, -0.05) is 25.0 Å². The van der Waals surface area contributed by atoms with E-state index in [1.54, 1.807) is 5.57 Å². The molecular formula is C11H21N. The van der Waals surface area contributed by atoms with Crippen LogP contribution in [0, 0.1) is 5.92 Å². The number of hydrogen-bond donors (Lipinski definition) is 0. The van der Waals surface area contributed by atoms with E-state index in [0.717, 1.165) is 12.5 Å². The van der Waals surface area contributed by atoms with Gasteiger partial charge in [0.15, 0.2) is 0 Å². The molecule has 0 saturated carbocycles. The van der Waals surface area contributed by atoms with Gasteiger partial charge in [-0.25, -0.2) is 0 Å². The Labute approximate surface area is 76.5 Å². The van der Waals surface area contributed by atoms with Crippen molar-refractivity contribution in [3.63, 3.8) is 0 Å². The third-order valence-corrected chi connectivity index (χ3v) is 2.71. The SMILES string of the molecule is CCC1CC=C(CN(C)C)CC1. The van der Waals surface area contributed by atoms with Gasteiger partial charge in [-0.3, -0.25) is 0 Å². The summed E-state index contributed by atoms with van der Waals surface area (Å²) in [6, 6.07) is 0. The topological polar surface area (TPSA) is 3.24 Å². The van der Waals surface area contributed by atoms with Gasteiger partial charge in [0.1, 0.15) is 0 Å². The Morgan fingerprint density at radius 3 is 2.67 bits per heavy atom. The lowest BCUT2D eigenvalue weighted by atomic mass is 9.88. The molecule has 1 aliphatic rings. The lowest BCUT2D eigenvalue weighted by Crippen LogP contribution is -2.17. The molecule has 1 heteroatoms. The molecule has 1 aliphatic carbocycles. The average Bonchev–Trinajstić information content (AvgIpc) is 2.05. The zero-order chi connectivity index (χ0) is 8.97. The molecule has 0 amide bonds. The number of allylic oxidation sites excluding steroid dienone is 1. The summed E-state index contributed by atoms with van der Waals surface area (Å²) in [5.74, 6) is 0.968. The molecule has 0 fully saturated rings. The van der Waals surface area contributed by atoms with E-state index >= 15 is 0 Å². The minimum absolute atomic E-state index is 0.968. The Kier molecular flexibility index (Phi) is 3.80. The van der Waals surface area contributed by atoms with Crippen molar-refractivity contribution >= 4 is 0 Å². The molecule has 0 bridgehead atoms. The van der Waals surface area contributed by atoms with Gasteiger partial charge in [0.05, 0.1) is 0 Å². The summed E-state index contributed by atoms with van der Waals surface area (Å²) in [4.78, 5) is 2.26. The molecule has 0 aliphatic heterocycles. The highest BCUT2D eigenvalue weighted by Gasteiger charge is 2.12. The zero-order valence-electron chi connectivity index (χ0n) is 8.64. The number of rotatable bonds is 3. The summed E-state index contributed by atoms with van der Waals surface area (Å²) in [5, 5.41) is 0. The molecule has 0 saturated heterocycles. The third-order valence-electron chi connectivity index (χ3n) is 2.71. The molecule has 0 N–H and O–H groups in total. The Hall–Kier alpha value is -0.300. The quantitative estimate of drug-likeness (QED) is 0.584. The Morgan fingerprint density at radius 2 is 2.25 bits per heavy atom. The molecule has 0 radical (unpaired) electrons. The van der Waals surface area contributed by atoms with Crippen LogP contribution in [0.4, 0.5) is 0 Å². The zero-order valence-corrected chi connectivity index (χ0v) is 8.64. The van der Waals surface area contributed by atoms with Gasteiger partial charge in [-0.2, -0.15) is 0 Å². The first-order valence-electron chi connectivity index (χ1n) is 5.05. The van der Waals surface area contributed by atoms with Crippen molar-refractivity contribution in [1.29, 1.82) is 0 Å². The molecule has 12 heavy (non-hydrogen) atoms. The van der Waals surface area contributed by atoms with Crippen molar-refractivity contribution in [3.05, 3.63) is 11.6 Å². The van der Waals surface area contributed by atoms with E-state index in [-0.39, 0.29) is 0 Å². The second-order valence-electron chi connectivity index (χ2n) is 4.15. The molecule has 1 atom stereocenters. The summed E-state index contributed by atoms with van der Waals surface area (Å²) in [7, 11) is 4.29. The van der Waals surface area contributed by atoms with Crippen molar-refractivity contribution in [2.75, 3.05) is 20.6 Å². The van der Waals surface area contributed by atoms with Gasteiger partial charge >= 0.3 is 0 Å². The normalized spacial score (nSPS) is 24.3. The summed E-state index contributed by atoms with van der Waals surface area (Å²) in [5.41, 5.74) is 1.64. The minimum atomic E-state index is 0.968. The molecule has 0 aromatic heterocycles. The smallest absolute Gasteiger partial charge is 0.0186 e. The van der Waals surface area contributed by atoms with Crippen LogP contribution in [-0.4, -0.2) is 25.5 Å². The Balaban J connectivity index is 2.34. The minimum Gasteiger partial charge on any atom is -0.305 e. The standard InChI is InChI=1S/C11H21N/c1-4-10-5-7-11(8-6-10)9-12(2)3/h7,10H,4-6,8-9H2,1-3H3. The number of hydrogen-bond acceptors (Lipinski definition) is 1. The van der Waals surface area contributed by atoms with Crippen LogP contribution in [-0.2, 0) is 0 Å². The lowest BCUT2D eigenvalue weighted by Gasteiger charge is -2.22. The third kappa shape index (κ3) is 2.98. The van der Waals surface area contributed by atoms with Gasteiger partial charge < -0.3 is 4.90 Å². The van der Waals surface area contributed by atoms with E-state index in [9.17, 15) is 0 Å². The molecule has 0 aromatic carbocycles. The maximum Gasteiger partial charge on any atom is 0.0186 e. The van der Waals surface area contributed by atoms with E-state index in [1.807, 2.05) is 0 Å². The van der Waals surface area contributed by atoms with Crippen LogP contribution < -0.4 is 0 Å². The number of likely N-dealkylation sites (N-methyl/N-ethyl adjacent to an activating group) is 1. The van der Waals surface area contributed by atoms with Gasteiger partial charge in [-0.05, 0) is 39.3 Å². The largest absolute Gasteiger partial charge is 0.305 e. The van der Waals surface area contributed by atoms with Crippen LogP contribution in [0.3, 0.4) is 0 Å². The summed E-state index contributed by atoms with van der Waals surface area (Å²) in [6.07, 6.45) is 7.87. The van der Waals surface area contributed by atoms with Gasteiger partial charge in [0.25, 0.3) is 0 Å². The Morgan fingerprint density at radius 1 is 1.50 bits per heavy atom. The van der Waals surface area contributed by atoms with Crippen molar-refractivity contribution in [2.45, 2.75) is 32.6 Å². The van der Waals surface area contributed by atoms with Crippen LogP contribution in [0.1, 0.15) is 32.6 Å². The molecule has 1 unspecified atom stereocenters. The van der Waals surface area contributed by atoms with Gasteiger partial charge in [-0.15, -0.1) is 0 Å². The van der Waals surface area contributed by atoms with Crippen molar-refractivity contribution in [1.82, 2.24) is 4.90 Å².